The second kappa shape index (κ2) is 9.29. The van der Waals surface area contributed by atoms with Gasteiger partial charge in [0.2, 0.25) is 5.91 Å². The summed E-state index contributed by atoms with van der Waals surface area (Å²) in [6.07, 6.45) is 3.12. The Morgan fingerprint density at radius 2 is 1.96 bits per heavy atom. The molecule has 23 heavy (non-hydrogen) atoms. The quantitative estimate of drug-likeness (QED) is 0.860. The molecule has 1 aromatic carbocycles. The zero-order valence-corrected chi connectivity index (χ0v) is 15.7. The van der Waals surface area contributed by atoms with E-state index in [9.17, 15) is 4.79 Å². The summed E-state index contributed by atoms with van der Waals surface area (Å²) in [6, 6.07) is 4.37. The summed E-state index contributed by atoms with van der Waals surface area (Å²) >= 11 is 0. The molecule has 0 spiro atoms. The number of hydrogen-bond acceptors (Lipinski definition) is 2. The number of halogens is 1. The zero-order valence-electron chi connectivity index (χ0n) is 14.9. The van der Waals surface area contributed by atoms with E-state index in [1.165, 1.54) is 35.1 Å². The molecule has 130 valence electrons. The number of carbonyl (C=O) groups is 1. The minimum Gasteiger partial charge on any atom is -0.352 e. The maximum Gasteiger partial charge on any atom is 0.220 e. The largest absolute Gasteiger partial charge is 0.352 e. The van der Waals surface area contributed by atoms with Crippen LogP contribution in [0.1, 0.15) is 48.4 Å². The van der Waals surface area contributed by atoms with Crippen molar-refractivity contribution in [1.29, 1.82) is 0 Å². The molecule has 1 saturated heterocycles. The topological polar surface area (TPSA) is 41.1 Å². The van der Waals surface area contributed by atoms with Crippen LogP contribution < -0.4 is 10.6 Å². The predicted molar refractivity (Wildman–Crippen MR) is 99.1 cm³/mol. The van der Waals surface area contributed by atoms with E-state index in [1.807, 2.05) is 0 Å². The molecule has 1 fully saturated rings. The number of aryl methyl sites for hydroxylation is 3. The first-order chi connectivity index (χ1) is 10.5. The first kappa shape index (κ1) is 20.0. The van der Waals surface area contributed by atoms with Crippen LogP contribution in [0.4, 0.5) is 0 Å². The van der Waals surface area contributed by atoms with Crippen LogP contribution in [0.5, 0.6) is 0 Å². The third-order valence-corrected chi connectivity index (χ3v) is 4.95. The van der Waals surface area contributed by atoms with Gasteiger partial charge < -0.3 is 10.6 Å². The Morgan fingerprint density at radius 3 is 2.52 bits per heavy atom. The van der Waals surface area contributed by atoms with Crippen LogP contribution in [-0.4, -0.2) is 19.0 Å². The van der Waals surface area contributed by atoms with E-state index in [1.54, 1.807) is 0 Å². The minimum atomic E-state index is 0. The summed E-state index contributed by atoms with van der Waals surface area (Å²) in [6.45, 7) is 11.4. The number of nitrogens with one attached hydrogen (secondary N) is 2. The maximum absolute atomic E-state index is 12.2. The molecule has 2 rings (SSSR count). The van der Waals surface area contributed by atoms with Crippen molar-refractivity contribution < 1.29 is 4.79 Å². The Hall–Kier alpha value is -1.06. The number of benzene rings is 1. The van der Waals surface area contributed by atoms with Crippen molar-refractivity contribution in [3.8, 4) is 0 Å². The molecule has 2 atom stereocenters. The van der Waals surface area contributed by atoms with Gasteiger partial charge in [-0.05, 0) is 75.2 Å². The SMILES string of the molecule is Cc1cc(C)c(CNC(=O)CC(C)C2CCCNC2)c(C)c1.Cl. The second-order valence-electron chi connectivity index (χ2n) is 6.94. The van der Waals surface area contributed by atoms with Crippen LogP contribution in [0.2, 0.25) is 0 Å². The number of carbonyl (C=O) groups excluding carboxylic acids is 1. The molecule has 2 N–H and O–H groups in total. The monoisotopic (exact) mass is 338 g/mol. The average Bonchev–Trinajstić information content (AvgIpc) is 2.47. The van der Waals surface area contributed by atoms with E-state index in [-0.39, 0.29) is 18.3 Å². The van der Waals surface area contributed by atoms with Crippen LogP contribution in [0, 0.1) is 32.6 Å². The van der Waals surface area contributed by atoms with Gasteiger partial charge >= 0.3 is 0 Å². The minimum absolute atomic E-state index is 0. The fourth-order valence-corrected chi connectivity index (χ4v) is 3.57. The van der Waals surface area contributed by atoms with Gasteiger partial charge in [-0.1, -0.05) is 24.6 Å². The third kappa shape index (κ3) is 5.82. The van der Waals surface area contributed by atoms with Crippen molar-refractivity contribution in [1.82, 2.24) is 10.6 Å². The molecular formula is C19H31ClN2O. The first-order valence-electron chi connectivity index (χ1n) is 8.51. The Kier molecular flexibility index (Phi) is 8.07. The summed E-state index contributed by atoms with van der Waals surface area (Å²) < 4.78 is 0. The molecule has 1 heterocycles. The van der Waals surface area contributed by atoms with E-state index in [0.29, 0.717) is 24.8 Å². The predicted octanol–water partition coefficient (Wildman–Crippen LogP) is 3.68. The molecule has 0 aliphatic carbocycles. The average molecular weight is 339 g/mol. The van der Waals surface area contributed by atoms with Gasteiger partial charge in [0, 0.05) is 13.0 Å². The van der Waals surface area contributed by atoms with Gasteiger partial charge in [0.25, 0.3) is 0 Å². The molecule has 0 bridgehead atoms. The lowest BCUT2D eigenvalue weighted by Crippen LogP contribution is -2.35. The molecule has 1 amide bonds. The lowest BCUT2D eigenvalue weighted by Gasteiger charge is -2.28. The molecule has 2 unspecified atom stereocenters. The number of piperidine rings is 1. The van der Waals surface area contributed by atoms with Crippen LogP contribution in [-0.2, 0) is 11.3 Å². The summed E-state index contributed by atoms with van der Waals surface area (Å²) in [5, 5.41) is 6.55. The highest BCUT2D eigenvalue weighted by Gasteiger charge is 2.22. The van der Waals surface area contributed by atoms with Gasteiger partial charge in [-0.2, -0.15) is 0 Å². The Morgan fingerprint density at radius 1 is 1.30 bits per heavy atom. The van der Waals surface area contributed by atoms with Crippen LogP contribution in [0.25, 0.3) is 0 Å². The number of amides is 1. The first-order valence-corrected chi connectivity index (χ1v) is 8.51. The summed E-state index contributed by atoms with van der Waals surface area (Å²) in [5.41, 5.74) is 5.07. The molecule has 0 radical (unpaired) electrons. The van der Waals surface area contributed by atoms with Crippen LogP contribution in [0.3, 0.4) is 0 Å². The summed E-state index contributed by atoms with van der Waals surface area (Å²) in [5.74, 6) is 1.27. The van der Waals surface area contributed by atoms with E-state index in [2.05, 4.69) is 50.5 Å². The lowest BCUT2D eigenvalue weighted by molar-refractivity contribution is -0.122. The highest BCUT2D eigenvalue weighted by molar-refractivity contribution is 5.85. The van der Waals surface area contributed by atoms with E-state index < -0.39 is 0 Å². The normalized spacial score (nSPS) is 18.9. The highest BCUT2D eigenvalue weighted by atomic mass is 35.5. The van der Waals surface area contributed by atoms with E-state index >= 15 is 0 Å². The van der Waals surface area contributed by atoms with Crippen molar-refractivity contribution >= 4 is 18.3 Å². The maximum atomic E-state index is 12.2. The number of rotatable bonds is 5. The van der Waals surface area contributed by atoms with Crippen molar-refractivity contribution in [2.24, 2.45) is 11.8 Å². The van der Waals surface area contributed by atoms with Gasteiger partial charge in [-0.15, -0.1) is 12.4 Å². The molecule has 3 nitrogen and oxygen atoms in total. The van der Waals surface area contributed by atoms with Crippen molar-refractivity contribution in [3.63, 3.8) is 0 Å². The van der Waals surface area contributed by atoms with E-state index in [4.69, 9.17) is 0 Å². The summed E-state index contributed by atoms with van der Waals surface area (Å²) in [4.78, 5) is 12.2. The van der Waals surface area contributed by atoms with Crippen LogP contribution in [0.15, 0.2) is 12.1 Å². The second-order valence-corrected chi connectivity index (χ2v) is 6.94. The van der Waals surface area contributed by atoms with Crippen LogP contribution >= 0.6 is 12.4 Å². The van der Waals surface area contributed by atoms with Gasteiger partial charge in [0.1, 0.15) is 0 Å². The van der Waals surface area contributed by atoms with Gasteiger partial charge in [0.15, 0.2) is 0 Å². The Bertz CT molecular complexity index is 501. The molecular weight excluding hydrogens is 308 g/mol. The van der Waals surface area contributed by atoms with Crippen molar-refractivity contribution in [2.75, 3.05) is 13.1 Å². The molecule has 1 aliphatic heterocycles. The highest BCUT2D eigenvalue weighted by Crippen LogP contribution is 2.22. The summed E-state index contributed by atoms with van der Waals surface area (Å²) in [7, 11) is 0. The van der Waals surface area contributed by atoms with Crippen molar-refractivity contribution in [3.05, 3.63) is 34.4 Å². The molecule has 0 saturated carbocycles. The van der Waals surface area contributed by atoms with Gasteiger partial charge in [-0.3, -0.25) is 4.79 Å². The Labute approximate surface area is 147 Å². The molecule has 1 aliphatic rings. The fourth-order valence-electron chi connectivity index (χ4n) is 3.57. The third-order valence-electron chi connectivity index (χ3n) is 4.95. The molecule has 4 heteroatoms. The molecule has 1 aromatic rings. The Balaban J connectivity index is 0.00000264. The standard InChI is InChI=1S/C19H30N2O.ClH/c1-13-8-15(3)18(16(4)9-13)12-21-19(22)10-14(2)17-6-5-7-20-11-17;/h8-9,14,17,20H,5-7,10-12H2,1-4H3,(H,21,22);1H. The van der Waals surface area contributed by atoms with Gasteiger partial charge in [-0.25, -0.2) is 0 Å². The number of hydrogen-bond donors (Lipinski definition) is 2. The van der Waals surface area contributed by atoms with Gasteiger partial charge in [0.05, 0.1) is 0 Å². The lowest BCUT2D eigenvalue weighted by atomic mass is 9.85. The smallest absolute Gasteiger partial charge is 0.220 e. The van der Waals surface area contributed by atoms with Crippen molar-refractivity contribution in [2.45, 2.75) is 53.5 Å². The fraction of sp³-hybridized carbons (Fsp3) is 0.632. The zero-order chi connectivity index (χ0) is 16.1. The van der Waals surface area contributed by atoms with E-state index in [0.717, 1.165) is 13.1 Å². The molecule has 0 aromatic heterocycles.